The average Bonchev–Trinajstić information content (AvgIpc) is 2.30. The van der Waals surface area contributed by atoms with Gasteiger partial charge in [0.2, 0.25) is 11.2 Å². The van der Waals surface area contributed by atoms with Crippen LogP contribution in [0.4, 0.5) is 5.95 Å². The van der Waals surface area contributed by atoms with Crippen LogP contribution < -0.4 is 10.1 Å². The van der Waals surface area contributed by atoms with Crippen LogP contribution in [0.5, 0.6) is 6.01 Å². The van der Waals surface area contributed by atoms with Crippen molar-refractivity contribution in [2.24, 2.45) is 0 Å². The molecule has 0 aliphatic rings. The third-order valence-corrected chi connectivity index (χ3v) is 1.98. The molecule has 1 aromatic heterocycles. The van der Waals surface area contributed by atoms with Crippen molar-refractivity contribution in [2.75, 3.05) is 32.7 Å². The van der Waals surface area contributed by atoms with E-state index >= 15 is 0 Å². The topological polar surface area (TPSA) is 78.4 Å². The van der Waals surface area contributed by atoms with Crippen molar-refractivity contribution in [2.45, 2.75) is 13.2 Å². The number of halogens is 1. The Kier molecular flexibility index (Phi) is 5.88. The van der Waals surface area contributed by atoms with E-state index < -0.39 is 0 Å². The average molecular weight is 263 g/mol. The second kappa shape index (κ2) is 7.21. The van der Waals surface area contributed by atoms with Crippen molar-refractivity contribution < 1.29 is 14.2 Å². The molecule has 0 fully saturated rings. The van der Waals surface area contributed by atoms with Crippen LogP contribution in [0, 0.1) is 0 Å². The normalized spacial score (nSPS) is 10.6. The molecule has 0 amide bonds. The second-order valence-corrected chi connectivity index (χ2v) is 3.26. The van der Waals surface area contributed by atoms with Crippen LogP contribution >= 0.6 is 11.6 Å². The van der Waals surface area contributed by atoms with Crippen LogP contribution in [-0.4, -0.2) is 48.6 Å². The summed E-state index contributed by atoms with van der Waals surface area (Å²) in [5.74, 6) is 0.313. The lowest BCUT2D eigenvalue weighted by molar-refractivity contribution is -0.0914. The predicted octanol–water partition coefficient (Wildman–Crippen LogP) is 0.954. The molecule has 0 bridgehead atoms. The maximum absolute atomic E-state index is 5.72. The molecule has 0 atom stereocenters. The third-order valence-electron chi connectivity index (χ3n) is 1.81. The molecule has 0 radical (unpaired) electrons. The molecule has 0 aliphatic carbocycles. The van der Waals surface area contributed by atoms with Gasteiger partial charge in [-0.1, -0.05) is 0 Å². The van der Waals surface area contributed by atoms with Gasteiger partial charge in [-0.3, -0.25) is 0 Å². The number of rotatable bonds is 7. The molecule has 0 unspecified atom stereocenters. The molecule has 7 nitrogen and oxygen atoms in total. The minimum absolute atomic E-state index is 0.0670. The number of anilines is 1. The maximum Gasteiger partial charge on any atom is 0.322 e. The van der Waals surface area contributed by atoms with E-state index in [1.807, 2.05) is 6.92 Å². The fourth-order valence-corrected chi connectivity index (χ4v) is 1.19. The van der Waals surface area contributed by atoms with E-state index in [4.69, 9.17) is 25.8 Å². The van der Waals surface area contributed by atoms with Crippen molar-refractivity contribution in [1.82, 2.24) is 15.0 Å². The fraction of sp³-hybridized carbons (Fsp3) is 0.667. The highest BCUT2D eigenvalue weighted by atomic mass is 35.5. The number of nitrogens with zero attached hydrogens (tertiary/aromatic N) is 3. The number of nitrogens with one attached hydrogen (secondary N) is 1. The molecule has 17 heavy (non-hydrogen) atoms. The van der Waals surface area contributed by atoms with E-state index in [9.17, 15) is 0 Å². The monoisotopic (exact) mass is 262 g/mol. The van der Waals surface area contributed by atoms with Crippen LogP contribution in [-0.2, 0) is 9.47 Å². The number of hydrogen-bond acceptors (Lipinski definition) is 7. The Hall–Kier alpha value is -1.18. The van der Waals surface area contributed by atoms with Crippen molar-refractivity contribution in [3.63, 3.8) is 0 Å². The van der Waals surface area contributed by atoms with Crippen LogP contribution in [0.3, 0.4) is 0 Å². The predicted molar refractivity (Wildman–Crippen MR) is 62.3 cm³/mol. The molecule has 0 saturated carbocycles. The number of hydrogen-bond donors (Lipinski definition) is 1. The number of aromatic nitrogens is 3. The molecule has 96 valence electrons. The molecular weight excluding hydrogens is 248 g/mol. The molecule has 1 heterocycles. The Labute approximate surface area is 104 Å². The van der Waals surface area contributed by atoms with Crippen LogP contribution in [0.25, 0.3) is 0 Å². The first-order chi connectivity index (χ1) is 8.19. The largest absolute Gasteiger partial charge is 0.464 e. The zero-order valence-corrected chi connectivity index (χ0v) is 10.7. The zero-order chi connectivity index (χ0) is 12.7. The molecular formula is C9H15ClN4O3. The summed E-state index contributed by atoms with van der Waals surface area (Å²) in [6, 6.07) is 0.182. The lowest BCUT2D eigenvalue weighted by atomic mass is 10.6. The summed E-state index contributed by atoms with van der Waals surface area (Å²) in [4.78, 5) is 11.7. The molecule has 0 aliphatic heterocycles. The van der Waals surface area contributed by atoms with E-state index in [-0.39, 0.29) is 17.6 Å². The summed E-state index contributed by atoms with van der Waals surface area (Å²) in [5, 5.41) is 2.98. The summed E-state index contributed by atoms with van der Waals surface area (Å²) >= 11 is 5.72. The van der Waals surface area contributed by atoms with Crippen molar-refractivity contribution in [1.29, 1.82) is 0 Å². The van der Waals surface area contributed by atoms with Gasteiger partial charge in [-0.15, -0.1) is 0 Å². The molecule has 1 rings (SSSR count). The minimum atomic E-state index is -0.388. The second-order valence-electron chi connectivity index (χ2n) is 2.93. The lowest BCUT2D eigenvalue weighted by Gasteiger charge is -2.14. The highest BCUT2D eigenvalue weighted by Gasteiger charge is 2.08. The maximum atomic E-state index is 5.72. The molecule has 0 saturated heterocycles. The highest BCUT2D eigenvalue weighted by Crippen LogP contribution is 2.11. The molecule has 0 spiro atoms. The number of ether oxygens (including phenoxy) is 3. The summed E-state index contributed by atoms with van der Waals surface area (Å²) in [7, 11) is 3.09. The fourth-order valence-electron chi connectivity index (χ4n) is 1.04. The van der Waals surface area contributed by atoms with Crippen molar-refractivity contribution in [3.8, 4) is 6.01 Å². The standard InChI is InChI=1S/C9H15ClN4O3/c1-4-17-9-13-7(10)12-8(14-9)11-5-6(15-2)16-3/h6H,4-5H2,1-3H3,(H,11,12,13,14). The number of methoxy groups -OCH3 is 2. The molecule has 1 aromatic rings. The third kappa shape index (κ3) is 4.68. The quantitative estimate of drug-likeness (QED) is 0.733. The van der Waals surface area contributed by atoms with Gasteiger partial charge < -0.3 is 19.5 Å². The van der Waals surface area contributed by atoms with Gasteiger partial charge in [-0.05, 0) is 18.5 Å². The van der Waals surface area contributed by atoms with Crippen molar-refractivity contribution >= 4 is 17.5 Å². The SMILES string of the molecule is CCOc1nc(Cl)nc(NCC(OC)OC)n1. The van der Waals surface area contributed by atoms with Gasteiger partial charge in [-0.2, -0.15) is 15.0 Å². The van der Waals surface area contributed by atoms with Crippen LogP contribution in [0.2, 0.25) is 5.28 Å². The van der Waals surface area contributed by atoms with Gasteiger partial charge in [0.1, 0.15) is 0 Å². The Balaban J connectivity index is 2.63. The summed E-state index contributed by atoms with van der Waals surface area (Å²) < 4.78 is 15.2. The smallest absolute Gasteiger partial charge is 0.322 e. The first kappa shape index (κ1) is 13.9. The van der Waals surface area contributed by atoms with Gasteiger partial charge in [0.15, 0.2) is 6.29 Å². The lowest BCUT2D eigenvalue weighted by Crippen LogP contribution is -2.24. The van der Waals surface area contributed by atoms with E-state index in [0.717, 1.165) is 0 Å². The highest BCUT2D eigenvalue weighted by molar-refractivity contribution is 6.28. The Morgan fingerprint density at radius 1 is 1.24 bits per heavy atom. The van der Waals surface area contributed by atoms with E-state index in [1.54, 1.807) is 14.2 Å². The van der Waals surface area contributed by atoms with Gasteiger partial charge in [0.25, 0.3) is 0 Å². The summed E-state index contributed by atoms with van der Waals surface area (Å²) in [6.07, 6.45) is -0.388. The Morgan fingerprint density at radius 2 is 1.94 bits per heavy atom. The van der Waals surface area contributed by atoms with Gasteiger partial charge in [-0.25, -0.2) is 0 Å². The van der Waals surface area contributed by atoms with E-state index in [0.29, 0.717) is 19.1 Å². The van der Waals surface area contributed by atoms with Gasteiger partial charge in [0, 0.05) is 14.2 Å². The van der Waals surface area contributed by atoms with Crippen LogP contribution in [0.15, 0.2) is 0 Å². The summed E-state index contributed by atoms with van der Waals surface area (Å²) in [5.41, 5.74) is 0. The first-order valence-corrected chi connectivity index (χ1v) is 5.41. The van der Waals surface area contributed by atoms with E-state index in [2.05, 4.69) is 20.3 Å². The Bertz CT molecular complexity index is 349. The van der Waals surface area contributed by atoms with E-state index in [1.165, 1.54) is 0 Å². The van der Waals surface area contributed by atoms with Crippen LogP contribution in [0.1, 0.15) is 6.92 Å². The van der Waals surface area contributed by atoms with Gasteiger partial charge >= 0.3 is 6.01 Å². The summed E-state index contributed by atoms with van der Waals surface area (Å²) in [6.45, 7) is 2.67. The van der Waals surface area contributed by atoms with Crippen molar-refractivity contribution in [3.05, 3.63) is 5.28 Å². The molecule has 1 N–H and O–H groups in total. The molecule has 8 heteroatoms. The Morgan fingerprint density at radius 3 is 2.53 bits per heavy atom. The van der Waals surface area contributed by atoms with Gasteiger partial charge in [0.05, 0.1) is 13.2 Å². The first-order valence-electron chi connectivity index (χ1n) is 5.03. The molecule has 0 aromatic carbocycles. The zero-order valence-electron chi connectivity index (χ0n) is 9.94. The minimum Gasteiger partial charge on any atom is -0.464 e.